The Morgan fingerprint density at radius 3 is 2.29 bits per heavy atom. The summed E-state index contributed by atoms with van der Waals surface area (Å²) in [7, 11) is 0. The summed E-state index contributed by atoms with van der Waals surface area (Å²) in [5.41, 5.74) is 3.20. The maximum atomic E-state index is 10.9. The number of hydrogen-bond donors (Lipinski definition) is 1. The van der Waals surface area contributed by atoms with Crippen molar-refractivity contribution in [3.05, 3.63) is 77.4 Å². The van der Waals surface area contributed by atoms with E-state index in [2.05, 4.69) is 6.07 Å². The lowest BCUT2D eigenvalue weighted by Crippen LogP contribution is -2.22. The molecule has 0 bridgehead atoms. The first kappa shape index (κ1) is 10.3. The van der Waals surface area contributed by atoms with Crippen molar-refractivity contribution in [1.29, 1.82) is 0 Å². The van der Waals surface area contributed by atoms with Gasteiger partial charge in [-0.3, -0.25) is 0 Å². The summed E-state index contributed by atoms with van der Waals surface area (Å²) in [6.45, 7) is 2.04. The van der Waals surface area contributed by atoms with Gasteiger partial charge in [0.2, 0.25) is 0 Å². The van der Waals surface area contributed by atoms with Crippen molar-refractivity contribution in [2.75, 3.05) is 0 Å². The van der Waals surface area contributed by atoms with Crippen molar-refractivity contribution < 1.29 is 5.11 Å². The normalized spacial score (nSPS) is 22.1. The molecule has 2 aromatic rings. The Morgan fingerprint density at radius 2 is 1.53 bits per heavy atom. The highest BCUT2D eigenvalue weighted by Gasteiger charge is 2.35. The molecule has 1 N–H and O–H groups in total. The van der Waals surface area contributed by atoms with Gasteiger partial charge < -0.3 is 5.11 Å². The number of fused-ring (bicyclic) bond motifs is 1. The predicted octanol–water partition coefficient (Wildman–Crippen LogP) is 3.34. The second-order valence-electron chi connectivity index (χ2n) is 4.51. The van der Waals surface area contributed by atoms with E-state index in [1.165, 1.54) is 0 Å². The van der Waals surface area contributed by atoms with Gasteiger partial charge in [0.15, 0.2) is 0 Å². The molecule has 1 atom stereocenters. The topological polar surface area (TPSA) is 20.2 Å². The smallest absolute Gasteiger partial charge is 0.134 e. The third-order valence-corrected chi connectivity index (χ3v) is 3.40. The maximum absolute atomic E-state index is 10.9. The van der Waals surface area contributed by atoms with Gasteiger partial charge in [-0.05, 0) is 35.3 Å². The average Bonchev–Trinajstić information content (AvgIpc) is 2.65. The summed E-state index contributed by atoms with van der Waals surface area (Å²) in [5, 5.41) is 10.9. The van der Waals surface area contributed by atoms with E-state index in [-0.39, 0.29) is 0 Å². The molecular weight excluding hydrogens is 208 g/mol. The Hall–Kier alpha value is -1.86. The van der Waals surface area contributed by atoms with Crippen LogP contribution in [0.25, 0.3) is 5.57 Å². The van der Waals surface area contributed by atoms with Crippen LogP contribution < -0.4 is 0 Å². The molecule has 0 unspecified atom stereocenters. The van der Waals surface area contributed by atoms with Crippen molar-refractivity contribution in [3.8, 4) is 0 Å². The average molecular weight is 222 g/mol. The highest BCUT2D eigenvalue weighted by atomic mass is 16.3. The largest absolute Gasteiger partial charge is 0.377 e. The number of rotatable bonds is 1. The Labute approximate surface area is 101 Å². The number of hydrogen-bond acceptors (Lipinski definition) is 1. The Balaban J connectivity index is 2.24. The van der Waals surface area contributed by atoms with Crippen LogP contribution in [0.4, 0.5) is 0 Å². The van der Waals surface area contributed by atoms with Crippen molar-refractivity contribution in [2.45, 2.75) is 12.5 Å². The lowest BCUT2D eigenvalue weighted by molar-refractivity contribution is 0.138. The number of aliphatic hydroxyl groups is 1. The van der Waals surface area contributed by atoms with Crippen LogP contribution in [0.3, 0.4) is 0 Å². The number of allylic oxidation sites excluding steroid dienone is 1. The highest BCUT2D eigenvalue weighted by Crippen LogP contribution is 2.42. The molecule has 0 aliphatic heterocycles. The zero-order valence-electron chi connectivity index (χ0n) is 9.72. The highest BCUT2D eigenvalue weighted by molar-refractivity contribution is 5.76. The van der Waals surface area contributed by atoms with E-state index in [0.29, 0.717) is 0 Å². The van der Waals surface area contributed by atoms with Crippen LogP contribution in [-0.4, -0.2) is 5.11 Å². The summed E-state index contributed by atoms with van der Waals surface area (Å²) >= 11 is 0. The molecule has 1 aliphatic carbocycles. The van der Waals surface area contributed by atoms with Gasteiger partial charge in [0.05, 0.1) is 0 Å². The van der Waals surface area contributed by atoms with Gasteiger partial charge in [-0.15, -0.1) is 0 Å². The number of benzene rings is 2. The molecule has 0 saturated heterocycles. The van der Waals surface area contributed by atoms with E-state index < -0.39 is 5.60 Å². The molecule has 0 heterocycles. The first-order valence-electron chi connectivity index (χ1n) is 5.79. The molecule has 1 nitrogen and oxygen atoms in total. The second kappa shape index (κ2) is 3.57. The summed E-state index contributed by atoms with van der Waals surface area (Å²) in [6, 6.07) is 17.8. The zero-order valence-corrected chi connectivity index (χ0v) is 9.72. The van der Waals surface area contributed by atoms with E-state index in [0.717, 1.165) is 22.3 Å². The first-order valence-corrected chi connectivity index (χ1v) is 5.79. The van der Waals surface area contributed by atoms with Crippen LogP contribution in [0.1, 0.15) is 23.6 Å². The molecule has 0 radical (unpaired) electrons. The van der Waals surface area contributed by atoms with E-state index in [4.69, 9.17) is 0 Å². The fraction of sp³-hybridized carbons (Fsp3) is 0.125. The van der Waals surface area contributed by atoms with Gasteiger partial charge in [-0.1, -0.05) is 54.6 Å². The maximum Gasteiger partial charge on any atom is 0.134 e. The van der Waals surface area contributed by atoms with Gasteiger partial charge in [0.25, 0.3) is 0 Å². The molecule has 0 spiro atoms. The quantitative estimate of drug-likeness (QED) is 0.784. The lowest BCUT2D eigenvalue weighted by atomic mass is 9.88. The van der Waals surface area contributed by atoms with Gasteiger partial charge in [-0.2, -0.15) is 0 Å². The molecule has 2 aromatic carbocycles. The van der Waals surface area contributed by atoms with E-state index in [9.17, 15) is 5.11 Å². The minimum Gasteiger partial charge on any atom is -0.377 e. The minimum atomic E-state index is -0.970. The molecule has 3 rings (SSSR count). The standard InChI is InChI=1S/C16H14O/c1-12-11-16(17,13-7-3-2-4-8-13)15-10-6-5-9-14(12)15/h2-11,17H,1H3/t16-/m0/s1. The van der Waals surface area contributed by atoms with Crippen LogP contribution >= 0.6 is 0 Å². The molecule has 0 fully saturated rings. The summed E-state index contributed by atoms with van der Waals surface area (Å²) in [6.07, 6.45) is 1.94. The zero-order chi connectivity index (χ0) is 11.9. The SMILES string of the molecule is CC1=C[C@](O)(c2ccccc2)c2ccccc21. The van der Waals surface area contributed by atoms with Crippen LogP contribution in [0.2, 0.25) is 0 Å². The van der Waals surface area contributed by atoms with Gasteiger partial charge >= 0.3 is 0 Å². The van der Waals surface area contributed by atoms with Crippen molar-refractivity contribution in [2.24, 2.45) is 0 Å². The lowest BCUT2D eigenvalue weighted by Gasteiger charge is -2.23. The van der Waals surface area contributed by atoms with Crippen LogP contribution in [0.5, 0.6) is 0 Å². The van der Waals surface area contributed by atoms with Crippen molar-refractivity contribution in [1.82, 2.24) is 0 Å². The monoisotopic (exact) mass is 222 g/mol. The Morgan fingerprint density at radius 1 is 0.882 bits per heavy atom. The summed E-state index contributed by atoms with van der Waals surface area (Å²) in [5.74, 6) is 0. The van der Waals surface area contributed by atoms with Crippen molar-refractivity contribution in [3.63, 3.8) is 0 Å². The second-order valence-corrected chi connectivity index (χ2v) is 4.51. The van der Waals surface area contributed by atoms with Gasteiger partial charge in [0.1, 0.15) is 5.60 Å². The van der Waals surface area contributed by atoms with Crippen LogP contribution in [-0.2, 0) is 5.60 Å². The molecule has 1 aliphatic rings. The summed E-state index contributed by atoms with van der Waals surface area (Å²) in [4.78, 5) is 0. The molecular formula is C16H14O. The van der Waals surface area contributed by atoms with E-state index >= 15 is 0 Å². The molecule has 1 heteroatoms. The Bertz CT molecular complexity index is 583. The fourth-order valence-electron chi connectivity index (χ4n) is 2.56. The van der Waals surface area contributed by atoms with E-state index in [1.807, 2.05) is 61.5 Å². The van der Waals surface area contributed by atoms with Crippen molar-refractivity contribution >= 4 is 5.57 Å². The van der Waals surface area contributed by atoms with Crippen LogP contribution in [0, 0.1) is 0 Å². The minimum absolute atomic E-state index is 0.921. The van der Waals surface area contributed by atoms with Crippen LogP contribution in [0.15, 0.2) is 60.7 Å². The first-order chi connectivity index (χ1) is 8.22. The third-order valence-electron chi connectivity index (χ3n) is 3.40. The molecule has 17 heavy (non-hydrogen) atoms. The molecule has 0 aromatic heterocycles. The Kier molecular flexibility index (Phi) is 2.17. The molecule has 0 amide bonds. The fourth-order valence-corrected chi connectivity index (χ4v) is 2.56. The van der Waals surface area contributed by atoms with Gasteiger partial charge in [-0.25, -0.2) is 0 Å². The molecule has 84 valence electrons. The predicted molar refractivity (Wildman–Crippen MR) is 69.5 cm³/mol. The van der Waals surface area contributed by atoms with Gasteiger partial charge in [0, 0.05) is 0 Å². The third kappa shape index (κ3) is 1.43. The molecule has 0 saturated carbocycles. The van der Waals surface area contributed by atoms with E-state index in [1.54, 1.807) is 0 Å². The summed E-state index contributed by atoms with van der Waals surface area (Å²) < 4.78 is 0.